The highest BCUT2D eigenvalue weighted by Crippen LogP contribution is 2.20. The molecule has 1 aromatic heterocycles. The molecule has 0 saturated carbocycles. The topological polar surface area (TPSA) is 30.7 Å². The largest absolute Gasteiger partial charge is 0.249 e. The zero-order chi connectivity index (χ0) is 10.1. The molecule has 2 aromatic rings. The van der Waals surface area contributed by atoms with Gasteiger partial charge in [-0.15, -0.1) is 5.10 Å². The summed E-state index contributed by atoms with van der Waals surface area (Å²) in [7, 11) is 0. The summed E-state index contributed by atoms with van der Waals surface area (Å²) in [4.78, 5) is 0. The van der Waals surface area contributed by atoms with E-state index < -0.39 is 6.67 Å². The van der Waals surface area contributed by atoms with Crippen LogP contribution in [0.25, 0.3) is 11.0 Å². The third kappa shape index (κ3) is 1.52. The van der Waals surface area contributed by atoms with Crippen LogP contribution in [0.4, 0.5) is 4.39 Å². The maximum Gasteiger partial charge on any atom is 0.113 e. The standard InChI is InChI=1S/C9H9BrFN3/c1-6(5-11)14-9-4-7(10)2-3-8(9)12-13-14/h2-4,6H,5H2,1H3/t6-/m0/s1. The summed E-state index contributed by atoms with van der Waals surface area (Å²) in [6.45, 7) is 1.33. The lowest BCUT2D eigenvalue weighted by Gasteiger charge is -2.06. The predicted octanol–water partition coefficient (Wildman–Crippen LogP) is 2.72. The minimum Gasteiger partial charge on any atom is -0.249 e. The summed E-state index contributed by atoms with van der Waals surface area (Å²) >= 11 is 3.36. The Morgan fingerprint density at radius 2 is 2.36 bits per heavy atom. The molecule has 1 heterocycles. The van der Waals surface area contributed by atoms with Crippen LogP contribution >= 0.6 is 15.9 Å². The average molecular weight is 258 g/mol. The molecule has 0 spiro atoms. The van der Waals surface area contributed by atoms with Crippen molar-refractivity contribution >= 4 is 27.0 Å². The van der Waals surface area contributed by atoms with Crippen molar-refractivity contribution in [2.75, 3.05) is 6.67 Å². The molecule has 0 aliphatic rings. The van der Waals surface area contributed by atoms with Crippen LogP contribution in [-0.2, 0) is 0 Å². The summed E-state index contributed by atoms with van der Waals surface area (Å²) in [5.74, 6) is 0. The van der Waals surface area contributed by atoms with Crippen LogP contribution in [0.1, 0.15) is 13.0 Å². The van der Waals surface area contributed by atoms with E-state index in [0.29, 0.717) is 0 Å². The number of hydrogen-bond acceptors (Lipinski definition) is 2. The fourth-order valence-corrected chi connectivity index (χ4v) is 1.65. The lowest BCUT2D eigenvalue weighted by Crippen LogP contribution is -2.08. The first-order chi connectivity index (χ1) is 6.72. The molecule has 5 heteroatoms. The van der Waals surface area contributed by atoms with Gasteiger partial charge < -0.3 is 0 Å². The summed E-state index contributed by atoms with van der Waals surface area (Å²) in [5.41, 5.74) is 1.64. The average Bonchev–Trinajstić information content (AvgIpc) is 2.59. The molecular formula is C9H9BrFN3. The van der Waals surface area contributed by atoms with Gasteiger partial charge in [0.25, 0.3) is 0 Å². The van der Waals surface area contributed by atoms with Crippen molar-refractivity contribution in [3.63, 3.8) is 0 Å². The Morgan fingerprint density at radius 3 is 3.07 bits per heavy atom. The highest BCUT2D eigenvalue weighted by atomic mass is 79.9. The van der Waals surface area contributed by atoms with Crippen LogP contribution < -0.4 is 0 Å². The molecule has 1 aromatic carbocycles. The molecule has 3 nitrogen and oxygen atoms in total. The number of aromatic nitrogens is 3. The molecule has 14 heavy (non-hydrogen) atoms. The van der Waals surface area contributed by atoms with Gasteiger partial charge in [-0.2, -0.15) is 0 Å². The third-order valence-electron chi connectivity index (χ3n) is 2.07. The molecular weight excluding hydrogens is 249 g/mol. The van der Waals surface area contributed by atoms with E-state index in [0.717, 1.165) is 15.5 Å². The van der Waals surface area contributed by atoms with Gasteiger partial charge in [0.05, 0.1) is 11.6 Å². The quantitative estimate of drug-likeness (QED) is 0.829. The van der Waals surface area contributed by atoms with Gasteiger partial charge in [0, 0.05) is 4.47 Å². The van der Waals surface area contributed by atoms with E-state index in [1.54, 1.807) is 11.6 Å². The fraction of sp³-hybridized carbons (Fsp3) is 0.333. The first-order valence-corrected chi connectivity index (χ1v) is 5.08. The van der Waals surface area contributed by atoms with Gasteiger partial charge in [-0.25, -0.2) is 9.07 Å². The van der Waals surface area contributed by atoms with Crippen LogP contribution in [-0.4, -0.2) is 21.7 Å². The van der Waals surface area contributed by atoms with Gasteiger partial charge >= 0.3 is 0 Å². The zero-order valence-corrected chi connectivity index (χ0v) is 9.20. The molecule has 0 N–H and O–H groups in total. The molecule has 2 rings (SSSR count). The monoisotopic (exact) mass is 257 g/mol. The van der Waals surface area contributed by atoms with E-state index in [9.17, 15) is 4.39 Å². The summed E-state index contributed by atoms with van der Waals surface area (Å²) in [6, 6.07) is 5.37. The molecule has 74 valence electrons. The van der Waals surface area contributed by atoms with Gasteiger partial charge in [0.2, 0.25) is 0 Å². The zero-order valence-electron chi connectivity index (χ0n) is 7.61. The lowest BCUT2D eigenvalue weighted by molar-refractivity contribution is 0.357. The first kappa shape index (κ1) is 9.58. The van der Waals surface area contributed by atoms with Crippen LogP contribution in [0.5, 0.6) is 0 Å². The Balaban J connectivity index is 2.61. The fourth-order valence-electron chi connectivity index (χ4n) is 1.30. The van der Waals surface area contributed by atoms with E-state index in [1.807, 2.05) is 18.2 Å². The molecule has 0 bridgehead atoms. The Kier molecular flexibility index (Phi) is 2.50. The number of hydrogen-bond donors (Lipinski definition) is 0. The van der Waals surface area contributed by atoms with E-state index in [-0.39, 0.29) is 6.04 Å². The Bertz CT molecular complexity index is 454. The normalized spacial score (nSPS) is 13.4. The number of fused-ring (bicyclic) bond motifs is 1. The van der Waals surface area contributed by atoms with Crippen molar-refractivity contribution in [1.29, 1.82) is 0 Å². The molecule has 0 radical (unpaired) electrons. The first-order valence-electron chi connectivity index (χ1n) is 4.29. The van der Waals surface area contributed by atoms with Crippen molar-refractivity contribution < 1.29 is 4.39 Å². The minimum atomic E-state index is -0.440. The SMILES string of the molecule is C[C@@H](CF)n1nnc2ccc(Br)cc21. The third-order valence-corrected chi connectivity index (χ3v) is 2.57. The van der Waals surface area contributed by atoms with E-state index in [4.69, 9.17) is 0 Å². The second-order valence-electron chi connectivity index (χ2n) is 3.17. The van der Waals surface area contributed by atoms with Crippen LogP contribution in [0, 0.1) is 0 Å². The van der Waals surface area contributed by atoms with Gasteiger partial charge in [-0.1, -0.05) is 21.1 Å². The lowest BCUT2D eigenvalue weighted by atomic mass is 10.3. The molecule has 0 fully saturated rings. The van der Waals surface area contributed by atoms with Crippen LogP contribution in [0.15, 0.2) is 22.7 Å². The second-order valence-corrected chi connectivity index (χ2v) is 4.09. The number of alkyl halides is 1. The van der Waals surface area contributed by atoms with Crippen molar-refractivity contribution in [2.24, 2.45) is 0 Å². The maximum atomic E-state index is 12.5. The predicted molar refractivity (Wildman–Crippen MR) is 55.9 cm³/mol. The molecule has 0 amide bonds. The van der Waals surface area contributed by atoms with E-state index >= 15 is 0 Å². The second kappa shape index (κ2) is 3.65. The highest BCUT2D eigenvalue weighted by molar-refractivity contribution is 9.10. The van der Waals surface area contributed by atoms with Crippen LogP contribution in [0.2, 0.25) is 0 Å². The minimum absolute atomic E-state index is 0.269. The smallest absolute Gasteiger partial charge is 0.113 e. The van der Waals surface area contributed by atoms with Gasteiger partial charge in [-0.05, 0) is 25.1 Å². The molecule has 1 atom stereocenters. The summed E-state index contributed by atoms with van der Waals surface area (Å²) in [5, 5.41) is 7.87. The van der Waals surface area contributed by atoms with E-state index in [1.165, 1.54) is 0 Å². The van der Waals surface area contributed by atoms with Gasteiger partial charge in [0.1, 0.15) is 12.2 Å². The number of halogens is 2. The molecule has 0 aliphatic heterocycles. The number of nitrogens with zero attached hydrogens (tertiary/aromatic N) is 3. The van der Waals surface area contributed by atoms with Crippen molar-refractivity contribution in [1.82, 2.24) is 15.0 Å². The summed E-state index contributed by atoms with van der Waals surface area (Å²) < 4.78 is 15.0. The maximum absolute atomic E-state index is 12.5. The number of rotatable bonds is 2. The summed E-state index contributed by atoms with van der Waals surface area (Å²) in [6.07, 6.45) is 0. The highest BCUT2D eigenvalue weighted by Gasteiger charge is 2.10. The van der Waals surface area contributed by atoms with Crippen molar-refractivity contribution in [3.05, 3.63) is 22.7 Å². The van der Waals surface area contributed by atoms with E-state index in [2.05, 4.69) is 26.2 Å². The molecule has 0 saturated heterocycles. The van der Waals surface area contributed by atoms with Gasteiger partial charge in [-0.3, -0.25) is 0 Å². The Hall–Kier alpha value is -0.970. The van der Waals surface area contributed by atoms with Crippen molar-refractivity contribution in [3.8, 4) is 0 Å². The number of benzene rings is 1. The molecule has 0 aliphatic carbocycles. The van der Waals surface area contributed by atoms with Gasteiger partial charge in [0.15, 0.2) is 0 Å². The Labute approximate surface area is 89.0 Å². The Morgan fingerprint density at radius 1 is 1.57 bits per heavy atom. The van der Waals surface area contributed by atoms with Crippen molar-refractivity contribution in [2.45, 2.75) is 13.0 Å². The van der Waals surface area contributed by atoms with Crippen LogP contribution in [0.3, 0.4) is 0 Å². The molecule has 0 unspecified atom stereocenters.